The largest absolute Gasteiger partial charge is 0.497 e. The van der Waals surface area contributed by atoms with Gasteiger partial charge in [-0.15, -0.1) is 0 Å². The fraction of sp³-hybridized carbons (Fsp3) is 0.632. The van der Waals surface area contributed by atoms with Crippen LogP contribution in [-0.4, -0.2) is 31.0 Å². The van der Waals surface area contributed by atoms with Crippen LogP contribution in [0.25, 0.3) is 0 Å². The summed E-state index contributed by atoms with van der Waals surface area (Å²) in [6.45, 7) is 6.18. The van der Waals surface area contributed by atoms with Gasteiger partial charge in [0.1, 0.15) is 5.75 Å². The number of benzene rings is 1. The summed E-state index contributed by atoms with van der Waals surface area (Å²) in [5.41, 5.74) is 1.06. The molecule has 0 radical (unpaired) electrons. The number of hydrogen-bond donors (Lipinski definition) is 0. The van der Waals surface area contributed by atoms with Crippen molar-refractivity contribution in [3.63, 3.8) is 0 Å². The molecule has 1 aromatic rings. The van der Waals surface area contributed by atoms with Crippen LogP contribution < -0.4 is 4.74 Å². The van der Waals surface area contributed by atoms with Crippen molar-refractivity contribution < 1.29 is 9.53 Å². The lowest BCUT2D eigenvalue weighted by Crippen LogP contribution is -2.34. The van der Waals surface area contributed by atoms with Gasteiger partial charge in [-0.05, 0) is 30.5 Å². The van der Waals surface area contributed by atoms with Crippen LogP contribution in [-0.2, 0) is 11.2 Å². The molecule has 1 rings (SSSR count). The van der Waals surface area contributed by atoms with E-state index in [9.17, 15) is 4.79 Å². The van der Waals surface area contributed by atoms with Gasteiger partial charge in [0.15, 0.2) is 0 Å². The number of ether oxygens (including phenoxy) is 1. The van der Waals surface area contributed by atoms with Crippen LogP contribution in [0.5, 0.6) is 5.75 Å². The second-order valence-electron chi connectivity index (χ2n) is 5.82. The molecule has 0 aliphatic heterocycles. The second-order valence-corrected chi connectivity index (χ2v) is 5.82. The van der Waals surface area contributed by atoms with Crippen molar-refractivity contribution in [2.24, 2.45) is 0 Å². The lowest BCUT2D eigenvalue weighted by Gasteiger charge is -2.23. The van der Waals surface area contributed by atoms with Gasteiger partial charge < -0.3 is 9.64 Å². The molecule has 0 saturated heterocycles. The van der Waals surface area contributed by atoms with Crippen molar-refractivity contribution in [3.05, 3.63) is 29.8 Å². The van der Waals surface area contributed by atoms with E-state index in [-0.39, 0.29) is 5.91 Å². The van der Waals surface area contributed by atoms with Gasteiger partial charge in [-0.25, -0.2) is 0 Å². The molecular formula is C19H31NO2. The highest BCUT2D eigenvalue weighted by molar-refractivity contribution is 5.78. The van der Waals surface area contributed by atoms with Gasteiger partial charge in [0.2, 0.25) is 5.91 Å². The number of unbranched alkanes of at least 4 members (excludes halogenated alkanes) is 4. The zero-order chi connectivity index (χ0) is 16.2. The van der Waals surface area contributed by atoms with Crippen molar-refractivity contribution >= 4 is 5.91 Å². The van der Waals surface area contributed by atoms with E-state index in [4.69, 9.17) is 4.74 Å². The lowest BCUT2D eigenvalue weighted by atomic mass is 10.1. The second kappa shape index (κ2) is 11.1. The summed E-state index contributed by atoms with van der Waals surface area (Å²) in [5.74, 6) is 1.08. The number of rotatable bonds is 11. The van der Waals surface area contributed by atoms with Crippen molar-refractivity contribution in [1.82, 2.24) is 4.90 Å². The first-order chi connectivity index (χ1) is 10.7. The molecular weight excluding hydrogens is 274 g/mol. The standard InChI is InChI=1S/C19H31NO2/c1-4-6-8-14-20(15-9-7-5-2)19(21)16-17-10-12-18(22-3)13-11-17/h10-13H,4-9,14-16H2,1-3H3. The molecule has 0 heterocycles. The predicted molar refractivity (Wildman–Crippen MR) is 92.3 cm³/mol. The monoisotopic (exact) mass is 305 g/mol. The lowest BCUT2D eigenvalue weighted by molar-refractivity contribution is -0.130. The normalized spacial score (nSPS) is 10.5. The molecule has 0 fully saturated rings. The fourth-order valence-electron chi connectivity index (χ4n) is 2.50. The van der Waals surface area contributed by atoms with Gasteiger partial charge in [0.05, 0.1) is 13.5 Å². The van der Waals surface area contributed by atoms with E-state index in [1.807, 2.05) is 24.3 Å². The van der Waals surface area contributed by atoms with Gasteiger partial charge >= 0.3 is 0 Å². The SMILES string of the molecule is CCCCCN(CCCCC)C(=O)Cc1ccc(OC)cc1. The highest BCUT2D eigenvalue weighted by atomic mass is 16.5. The third-order valence-electron chi connectivity index (χ3n) is 3.93. The molecule has 1 amide bonds. The number of carbonyl (C=O) groups excluding carboxylic acids is 1. The molecule has 0 bridgehead atoms. The number of nitrogens with zero attached hydrogens (tertiary/aromatic N) is 1. The Hall–Kier alpha value is -1.51. The number of carbonyl (C=O) groups is 1. The highest BCUT2D eigenvalue weighted by Crippen LogP contribution is 2.13. The maximum absolute atomic E-state index is 12.6. The summed E-state index contributed by atoms with van der Waals surface area (Å²) in [7, 11) is 1.66. The summed E-state index contributed by atoms with van der Waals surface area (Å²) < 4.78 is 5.16. The van der Waals surface area contributed by atoms with E-state index in [1.165, 1.54) is 25.7 Å². The van der Waals surface area contributed by atoms with E-state index in [0.29, 0.717) is 6.42 Å². The van der Waals surface area contributed by atoms with Crippen LogP contribution >= 0.6 is 0 Å². The molecule has 3 nitrogen and oxygen atoms in total. The average Bonchev–Trinajstić information content (AvgIpc) is 2.54. The van der Waals surface area contributed by atoms with Gasteiger partial charge in [0, 0.05) is 13.1 Å². The highest BCUT2D eigenvalue weighted by Gasteiger charge is 2.13. The number of amides is 1. The Bertz CT molecular complexity index is 404. The van der Waals surface area contributed by atoms with E-state index >= 15 is 0 Å². The zero-order valence-electron chi connectivity index (χ0n) is 14.4. The molecule has 0 aliphatic rings. The Morgan fingerprint density at radius 1 is 0.955 bits per heavy atom. The van der Waals surface area contributed by atoms with E-state index < -0.39 is 0 Å². The van der Waals surface area contributed by atoms with Crippen LogP contribution in [0.3, 0.4) is 0 Å². The molecule has 0 unspecified atom stereocenters. The molecule has 0 saturated carbocycles. The summed E-state index contributed by atoms with van der Waals surface area (Å²) in [6, 6.07) is 7.79. The molecule has 0 aliphatic carbocycles. The van der Waals surface area contributed by atoms with Crippen molar-refractivity contribution in [1.29, 1.82) is 0 Å². The third kappa shape index (κ3) is 6.97. The van der Waals surface area contributed by atoms with Crippen LogP contribution in [0.2, 0.25) is 0 Å². The quantitative estimate of drug-likeness (QED) is 0.565. The van der Waals surface area contributed by atoms with Gasteiger partial charge in [-0.3, -0.25) is 4.79 Å². The summed E-state index contributed by atoms with van der Waals surface area (Å²) >= 11 is 0. The summed E-state index contributed by atoms with van der Waals surface area (Å²) in [4.78, 5) is 14.6. The minimum absolute atomic E-state index is 0.248. The van der Waals surface area contributed by atoms with Crippen molar-refractivity contribution in [2.75, 3.05) is 20.2 Å². The topological polar surface area (TPSA) is 29.5 Å². The Morgan fingerprint density at radius 3 is 1.95 bits per heavy atom. The first-order valence-corrected chi connectivity index (χ1v) is 8.62. The molecule has 0 N–H and O–H groups in total. The summed E-state index contributed by atoms with van der Waals surface area (Å²) in [6.07, 6.45) is 7.47. The molecule has 124 valence electrons. The molecule has 22 heavy (non-hydrogen) atoms. The minimum atomic E-state index is 0.248. The fourth-order valence-corrected chi connectivity index (χ4v) is 2.50. The Labute approximate surface area is 135 Å². The van der Waals surface area contributed by atoms with E-state index in [2.05, 4.69) is 18.7 Å². The molecule has 0 aromatic heterocycles. The minimum Gasteiger partial charge on any atom is -0.497 e. The van der Waals surface area contributed by atoms with Gasteiger partial charge in [0.25, 0.3) is 0 Å². The number of hydrogen-bond acceptors (Lipinski definition) is 2. The van der Waals surface area contributed by atoms with Crippen molar-refractivity contribution in [2.45, 2.75) is 58.8 Å². The Balaban J connectivity index is 2.55. The Morgan fingerprint density at radius 2 is 1.50 bits per heavy atom. The molecule has 0 atom stereocenters. The predicted octanol–water partition coefficient (Wildman–Crippen LogP) is 4.45. The van der Waals surface area contributed by atoms with Crippen LogP contribution in [0, 0.1) is 0 Å². The van der Waals surface area contributed by atoms with E-state index in [0.717, 1.165) is 37.2 Å². The first-order valence-electron chi connectivity index (χ1n) is 8.62. The van der Waals surface area contributed by atoms with Crippen LogP contribution in [0.1, 0.15) is 57.9 Å². The van der Waals surface area contributed by atoms with Gasteiger partial charge in [-0.2, -0.15) is 0 Å². The van der Waals surface area contributed by atoms with E-state index in [1.54, 1.807) is 7.11 Å². The molecule has 0 spiro atoms. The van der Waals surface area contributed by atoms with Crippen LogP contribution in [0.15, 0.2) is 24.3 Å². The number of methoxy groups -OCH3 is 1. The zero-order valence-corrected chi connectivity index (χ0v) is 14.4. The average molecular weight is 305 g/mol. The van der Waals surface area contributed by atoms with Gasteiger partial charge in [-0.1, -0.05) is 51.7 Å². The summed E-state index contributed by atoms with van der Waals surface area (Å²) in [5, 5.41) is 0. The first kappa shape index (κ1) is 18.5. The smallest absolute Gasteiger partial charge is 0.226 e. The molecule has 1 aromatic carbocycles. The van der Waals surface area contributed by atoms with Crippen LogP contribution in [0.4, 0.5) is 0 Å². The Kier molecular flexibility index (Phi) is 9.36. The van der Waals surface area contributed by atoms with Crippen molar-refractivity contribution in [3.8, 4) is 5.75 Å². The maximum atomic E-state index is 12.6. The molecule has 3 heteroatoms. The maximum Gasteiger partial charge on any atom is 0.226 e. The third-order valence-corrected chi connectivity index (χ3v) is 3.93.